The van der Waals surface area contributed by atoms with Crippen molar-refractivity contribution in [1.82, 2.24) is 4.31 Å². The standard InChI is InChI=1S/C18H28N2O5S/c1-24-15-10-11-17(25-2)16(12-15)19-18(21)13-20(26(3,22)23)14-8-6-4-5-7-9-14/h10-12,14H,4-9,13H2,1-3H3,(H,19,21). The number of carbonyl (C=O) groups is 1. The molecule has 1 fully saturated rings. The van der Waals surface area contributed by atoms with Crippen LogP contribution in [0.4, 0.5) is 5.69 Å². The molecule has 0 atom stereocenters. The fraction of sp³-hybridized carbons (Fsp3) is 0.611. The maximum Gasteiger partial charge on any atom is 0.239 e. The predicted molar refractivity (Wildman–Crippen MR) is 101 cm³/mol. The summed E-state index contributed by atoms with van der Waals surface area (Å²) in [6.07, 6.45) is 6.95. The van der Waals surface area contributed by atoms with Gasteiger partial charge in [-0.25, -0.2) is 8.42 Å². The zero-order valence-electron chi connectivity index (χ0n) is 15.7. The van der Waals surface area contributed by atoms with E-state index in [0.717, 1.165) is 44.8 Å². The minimum absolute atomic E-state index is 0.120. The van der Waals surface area contributed by atoms with Crippen molar-refractivity contribution in [3.63, 3.8) is 0 Å². The average molecular weight is 384 g/mol. The normalized spacial score (nSPS) is 16.2. The van der Waals surface area contributed by atoms with Crippen molar-refractivity contribution in [1.29, 1.82) is 0 Å². The molecule has 1 aliphatic carbocycles. The number of carbonyl (C=O) groups excluding carboxylic acids is 1. The van der Waals surface area contributed by atoms with Crippen LogP contribution in [0.15, 0.2) is 18.2 Å². The molecule has 0 unspecified atom stereocenters. The second kappa shape index (κ2) is 9.23. The number of ether oxygens (including phenoxy) is 2. The molecule has 1 aromatic carbocycles. The molecule has 0 bridgehead atoms. The van der Waals surface area contributed by atoms with E-state index in [1.807, 2.05) is 0 Å². The molecule has 1 saturated carbocycles. The van der Waals surface area contributed by atoms with E-state index in [-0.39, 0.29) is 12.6 Å². The van der Waals surface area contributed by atoms with Gasteiger partial charge in [-0.1, -0.05) is 25.7 Å². The minimum Gasteiger partial charge on any atom is -0.497 e. The monoisotopic (exact) mass is 384 g/mol. The average Bonchev–Trinajstić information content (AvgIpc) is 2.87. The number of methoxy groups -OCH3 is 2. The van der Waals surface area contributed by atoms with Crippen LogP contribution < -0.4 is 14.8 Å². The van der Waals surface area contributed by atoms with Crippen molar-refractivity contribution in [3.05, 3.63) is 18.2 Å². The predicted octanol–water partition coefficient (Wildman–Crippen LogP) is 2.63. The van der Waals surface area contributed by atoms with Crippen LogP contribution in [0, 0.1) is 0 Å². The number of hydrogen-bond acceptors (Lipinski definition) is 5. The van der Waals surface area contributed by atoms with Crippen molar-refractivity contribution >= 4 is 21.6 Å². The quantitative estimate of drug-likeness (QED) is 0.731. The van der Waals surface area contributed by atoms with E-state index in [1.54, 1.807) is 18.2 Å². The fourth-order valence-electron chi connectivity index (χ4n) is 3.31. The lowest BCUT2D eigenvalue weighted by molar-refractivity contribution is -0.116. The van der Waals surface area contributed by atoms with Crippen molar-refractivity contribution in [3.8, 4) is 11.5 Å². The Morgan fingerprint density at radius 3 is 2.35 bits per heavy atom. The molecule has 7 nitrogen and oxygen atoms in total. The Kier molecular flexibility index (Phi) is 7.28. The molecule has 0 saturated heterocycles. The maximum absolute atomic E-state index is 12.6. The summed E-state index contributed by atoms with van der Waals surface area (Å²) in [7, 11) is -0.442. The highest BCUT2D eigenvalue weighted by molar-refractivity contribution is 7.88. The second-order valence-electron chi connectivity index (χ2n) is 6.57. The van der Waals surface area contributed by atoms with Gasteiger partial charge in [-0.3, -0.25) is 4.79 Å². The number of amides is 1. The highest BCUT2D eigenvalue weighted by Gasteiger charge is 2.29. The molecular formula is C18H28N2O5S. The summed E-state index contributed by atoms with van der Waals surface area (Å²) in [5, 5.41) is 2.74. The zero-order valence-corrected chi connectivity index (χ0v) is 16.5. The first-order valence-corrected chi connectivity index (χ1v) is 10.7. The molecule has 0 radical (unpaired) electrons. The van der Waals surface area contributed by atoms with E-state index in [9.17, 15) is 13.2 Å². The molecule has 26 heavy (non-hydrogen) atoms. The van der Waals surface area contributed by atoms with Gasteiger partial charge in [-0.2, -0.15) is 4.31 Å². The van der Waals surface area contributed by atoms with E-state index in [1.165, 1.54) is 18.5 Å². The molecule has 146 valence electrons. The van der Waals surface area contributed by atoms with Gasteiger partial charge >= 0.3 is 0 Å². The smallest absolute Gasteiger partial charge is 0.239 e. The van der Waals surface area contributed by atoms with Gasteiger partial charge in [-0.15, -0.1) is 0 Å². The van der Waals surface area contributed by atoms with E-state index < -0.39 is 15.9 Å². The van der Waals surface area contributed by atoms with Crippen LogP contribution in [0.25, 0.3) is 0 Å². The lowest BCUT2D eigenvalue weighted by Crippen LogP contribution is -2.44. The first-order valence-electron chi connectivity index (χ1n) is 8.84. The van der Waals surface area contributed by atoms with Crippen molar-refractivity contribution in [2.45, 2.75) is 44.6 Å². The number of benzene rings is 1. The Bertz CT molecular complexity index is 712. The Labute approximate surface area is 155 Å². The molecule has 0 heterocycles. The van der Waals surface area contributed by atoms with Crippen LogP contribution in [-0.2, 0) is 14.8 Å². The summed E-state index contributed by atoms with van der Waals surface area (Å²) in [5.74, 6) is 0.663. The van der Waals surface area contributed by atoms with Crippen LogP contribution in [-0.4, -0.2) is 51.7 Å². The number of hydrogen-bond donors (Lipinski definition) is 1. The Morgan fingerprint density at radius 1 is 1.15 bits per heavy atom. The highest BCUT2D eigenvalue weighted by atomic mass is 32.2. The number of nitrogens with one attached hydrogen (secondary N) is 1. The van der Waals surface area contributed by atoms with E-state index in [0.29, 0.717) is 17.2 Å². The van der Waals surface area contributed by atoms with E-state index in [2.05, 4.69) is 5.32 Å². The number of rotatable bonds is 7. The summed E-state index contributed by atoms with van der Waals surface area (Å²) >= 11 is 0. The van der Waals surface area contributed by atoms with Crippen molar-refractivity contribution in [2.24, 2.45) is 0 Å². The van der Waals surface area contributed by atoms with Crippen LogP contribution in [0.2, 0.25) is 0 Å². The van der Waals surface area contributed by atoms with Crippen molar-refractivity contribution in [2.75, 3.05) is 32.3 Å². The number of anilines is 1. The van der Waals surface area contributed by atoms with Gasteiger partial charge in [0.1, 0.15) is 11.5 Å². The van der Waals surface area contributed by atoms with Crippen molar-refractivity contribution < 1.29 is 22.7 Å². The molecule has 8 heteroatoms. The van der Waals surface area contributed by atoms with Gasteiger partial charge in [0.05, 0.1) is 32.7 Å². The van der Waals surface area contributed by atoms with Gasteiger partial charge < -0.3 is 14.8 Å². The first kappa shape index (κ1) is 20.5. The molecule has 1 aliphatic rings. The van der Waals surface area contributed by atoms with Crippen LogP contribution in [0.3, 0.4) is 0 Å². The molecule has 0 aliphatic heterocycles. The van der Waals surface area contributed by atoms with Gasteiger partial charge in [0.15, 0.2) is 0 Å². The minimum atomic E-state index is -3.48. The summed E-state index contributed by atoms with van der Waals surface area (Å²) in [4.78, 5) is 12.6. The van der Waals surface area contributed by atoms with Gasteiger partial charge in [0.25, 0.3) is 0 Å². The summed E-state index contributed by atoms with van der Waals surface area (Å²) in [5.41, 5.74) is 0.450. The number of sulfonamides is 1. The SMILES string of the molecule is COc1ccc(OC)c(NC(=O)CN(C2CCCCCC2)S(C)(=O)=O)c1. The molecule has 0 spiro atoms. The number of nitrogens with zero attached hydrogens (tertiary/aromatic N) is 1. The first-order chi connectivity index (χ1) is 12.3. The second-order valence-corrected chi connectivity index (χ2v) is 8.50. The van der Waals surface area contributed by atoms with E-state index >= 15 is 0 Å². The summed E-state index contributed by atoms with van der Waals surface area (Å²) in [6, 6.07) is 4.94. The third-order valence-electron chi connectivity index (χ3n) is 4.64. The van der Waals surface area contributed by atoms with E-state index in [4.69, 9.17) is 9.47 Å². The fourth-order valence-corrected chi connectivity index (χ4v) is 4.41. The molecule has 1 N–H and O–H groups in total. The molecule has 2 rings (SSSR count). The maximum atomic E-state index is 12.6. The third-order valence-corrected chi connectivity index (χ3v) is 5.92. The molecule has 0 aromatic heterocycles. The molecule has 1 amide bonds. The lowest BCUT2D eigenvalue weighted by Gasteiger charge is -2.28. The van der Waals surface area contributed by atoms with Crippen LogP contribution in [0.5, 0.6) is 11.5 Å². The summed E-state index contributed by atoms with van der Waals surface area (Å²) in [6.45, 7) is -0.204. The van der Waals surface area contributed by atoms with Gasteiger partial charge in [0.2, 0.25) is 15.9 Å². The van der Waals surface area contributed by atoms with Gasteiger partial charge in [-0.05, 0) is 25.0 Å². The molecular weight excluding hydrogens is 356 g/mol. The summed E-state index contributed by atoms with van der Waals surface area (Å²) < 4.78 is 36.3. The molecule has 1 aromatic rings. The third kappa shape index (κ3) is 5.60. The largest absolute Gasteiger partial charge is 0.497 e. The van der Waals surface area contributed by atoms with Gasteiger partial charge in [0, 0.05) is 12.1 Å². The highest BCUT2D eigenvalue weighted by Crippen LogP contribution is 2.29. The Balaban J connectivity index is 2.14. The van der Waals surface area contributed by atoms with Crippen LogP contribution in [0.1, 0.15) is 38.5 Å². The zero-order chi connectivity index (χ0) is 19.2. The van der Waals surface area contributed by atoms with Crippen LogP contribution >= 0.6 is 0 Å². The Hall–Kier alpha value is -1.80. The lowest BCUT2D eigenvalue weighted by atomic mass is 10.1. The Morgan fingerprint density at radius 2 is 1.81 bits per heavy atom. The topological polar surface area (TPSA) is 84.9 Å².